The molecule has 1 aromatic heterocycles. The number of amides is 2. The normalized spacial score (nSPS) is 18.1. The Hall–Kier alpha value is -2.23. The summed E-state index contributed by atoms with van der Waals surface area (Å²) in [5.41, 5.74) is 0.505. The molecule has 2 atom stereocenters. The molecule has 2 amide bonds. The van der Waals surface area contributed by atoms with Gasteiger partial charge in [-0.1, -0.05) is 18.2 Å². The van der Waals surface area contributed by atoms with Crippen molar-refractivity contribution in [2.75, 3.05) is 40.9 Å². The number of alkyl halides is 2. The molecule has 0 unspecified atom stereocenters. The van der Waals surface area contributed by atoms with Crippen molar-refractivity contribution in [2.24, 2.45) is 5.92 Å². The summed E-state index contributed by atoms with van der Waals surface area (Å²) in [5.74, 6) is -2.34. The van der Waals surface area contributed by atoms with Gasteiger partial charge in [0.15, 0.2) is 0 Å². The topological polar surface area (TPSA) is 87.0 Å². The maximum atomic E-state index is 13.5. The molecule has 1 heterocycles. The average molecular weight is 552 g/mol. The molecule has 1 aliphatic rings. The Balaban J connectivity index is 1.51. The van der Waals surface area contributed by atoms with E-state index in [1.165, 1.54) is 0 Å². The third kappa shape index (κ3) is 9.43. The fourth-order valence-corrected chi connectivity index (χ4v) is 5.75. The quantitative estimate of drug-likeness (QED) is 0.221. The maximum Gasteiger partial charge on any atom is 0.317 e. The number of fused-ring (bicyclic) bond motifs is 1. The highest BCUT2D eigenvalue weighted by atomic mass is 19.3. The second kappa shape index (κ2) is 15.0. The molecular weight excluding hydrogens is 504 g/mol. The number of halogens is 2. The number of benzene rings is 1. The average Bonchev–Trinajstić information content (AvgIpc) is 3.39. The zero-order chi connectivity index (χ0) is 28.3. The molecule has 0 radical (unpaired) electrons. The summed E-state index contributed by atoms with van der Waals surface area (Å²) in [6.07, 6.45) is 7.56. The van der Waals surface area contributed by atoms with Gasteiger partial charge in [0.1, 0.15) is 5.58 Å². The van der Waals surface area contributed by atoms with Crippen LogP contribution in [0, 0.1) is 5.92 Å². The number of rotatable bonds is 16. The highest BCUT2D eigenvalue weighted by Gasteiger charge is 2.36. The highest BCUT2D eigenvalue weighted by Crippen LogP contribution is 2.38. The van der Waals surface area contributed by atoms with Crippen molar-refractivity contribution in [3.05, 3.63) is 36.1 Å². The van der Waals surface area contributed by atoms with Crippen LogP contribution in [0.15, 0.2) is 34.9 Å². The summed E-state index contributed by atoms with van der Waals surface area (Å²) in [6, 6.07) is 7.51. The van der Waals surface area contributed by atoms with E-state index in [9.17, 15) is 18.7 Å². The van der Waals surface area contributed by atoms with Crippen LogP contribution < -0.4 is 10.6 Å². The molecule has 3 N–H and O–H groups in total. The van der Waals surface area contributed by atoms with E-state index in [-0.39, 0.29) is 30.8 Å². The fourth-order valence-electron chi connectivity index (χ4n) is 5.75. The molecule has 1 saturated carbocycles. The summed E-state index contributed by atoms with van der Waals surface area (Å²) in [4.78, 5) is 14.6. The predicted molar refractivity (Wildman–Crippen MR) is 150 cm³/mol. The predicted octanol–water partition coefficient (Wildman–Crippen LogP) is 6.05. The number of methoxy groups -OCH3 is 1. The van der Waals surface area contributed by atoms with Crippen molar-refractivity contribution in [1.29, 1.82) is 0 Å². The number of likely N-dealkylation sites (N-methyl/N-ethyl adjacent to an activating group) is 1. The van der Waals surface area contributed by atoms with E-state index in [2.05, 4.69) is 10.6 Å². The minimum absolute atomic E-state index is 0.0645. The van der Waals surface area contributed by atoms with Gasteiger partial charge in [-0.25, -0.2) is 13.6 Å². The van der Waals surface area contributed by atoms with Crippen molar-refractivity contribution in [1.82, 2.24) is 15.5 Å². The van der Waals surface area contributed by atoms with Crippen LogP contribution in [0.25, 0.3) is 11.0 Å². The van der Waals surface area contributed by atoms with Crippen LogP contribution in [0.4, 0.5) is 13.6 Å². The zero-order valence-corrected chi connectivity index (χ0v) is 23.8. The molecule has 0 aliphatic heterocycles. The monoisotopic (exact) mass is 551 g/mol. The molecule has 2 aromatic rings. The summed E-state index contributed by atoms with van der Waals surface area (Å²) < 4.78 is 38.0. The highest BCUT2D eigenvalue weighted by molar-refractivity contribution is 5.81. The second-order valence-electron chi connectivity index (χ2n) is 11.2. The first-order valence-electron chi connectivity index (χ1n) is 14.4. The molecule has 1 aromatic carbocycles. The summed E-state index contributed by atoms with van der Waals surface area (Å²) in [7, 11) is 5.28. The van der Waals surface area contributed by atoms with Crippen LogP contribution in [-0.4, -0.2) is 68.9 Å². The van der Waals surface area contributed by atoms with Crippen LogP contribution in [0.5, 0.6) is 0 Å². The SMILES string of the molecule is CNC[C@H](CC1CCC(F)(F)CC1)NC(=O)N(C)CCCC[C@@](O)(CCCCOC)c1cccc2ccoc12. The Morgan fingerprint density at radius 2 is 1.92 bits per heavy atom. The van der Waals surface area contributed by atoms with Crippen molar-refractivity contribution in [3.63, 3.8) is 0 Å². The van der Waals surface area contributed by atoms with Gasteiger partial charge in [0.05, 0.1) is 11.9 Å². The van der Waals surface area contributed by atoms with E-state index in [1.807, 2.05) is 31.3 Å². The van der Waals surface area contributed by atoms with Gasteiger partial charge in [0.25, 0.3) is 0 Å². The lowest BCUT2D eigenvalue weighted by Crippen LogP contribution is -2.48. The van der Waals surface area contributed by atoms with Gasteiger partial charge >= 0.3 is 6.03 Å². The number of hydrogen-bond donors (Lipinski definition) is 3. The van der Waals surface area contributed by atoms with Crippen molar-refractivity contribution in [2.45, 2.75) is 88.2 Å². The lowest BCUT2D eigenvalue weighted by Gasteiger charge is -2.32. The number of ether oxygens (including phenoxy) is 1. The van der Waals surface area contributed by atoms with Gasteiger partial charge in [-0.3, -0.25) is 0 Å². The van der Waals surface area contributed by atoms with E-state index < -0.39 is 11.5 Å². The Morgan fingerprint density at radius 1 is 1.21 bits per heavy atom. The number of furan rings is 1. The summed E-state index contributed by atoms with van der Waals surface area (Å²) >= 11 is 0. The Labute approximate surface area is 231 Å². The molecule has 3 rings (SSSR count). The number of aliphatic hydroxyl groups is 1. The Kier molecular flexibility index (Phi) is 12.0. The minimum Gasteiger partial charge on any atom is -0.464 e. The smallest absolute Gasteiger partial charge is 0.317 e. The van der Waals surface area contributed by atoms with Crippen LogP contribution in [0.3, 0.4) is 0 Å². The summed E-state index contributed by atoms with van der Waals surface area (Å²) in [6.45, 7) is 1.81. The van der Waals surface area contributed by atoms with E-state index in [1.54, 1.807) is 25.3 Å². The molecule has 220 valence electrons. The van der Waals surface area contributed by atoms with Crippen LogP contribution in [0.2, 0.25) is 0 Å². The molecule has 0 saturated heterocycles. The number of hydrogen-bond acceptors (Lipinski definition) is 5. The molecule has 7 nitrogen and oxygen atoms in total. The molecule has 0 spiro atoms. The number of nitrogens with zero attached hydrogens (tertiary/aromatic N) is 1. The lowest BCUT2D eigenvalue weighted by atomic mass is 9.83. The number of nitrogens with one attached hydrogen (secondary N) is 2. The van der Waals surface area contributed by atoms with E-state index in [0.29, 0.717) is 51.8 Å². The number of carbonyl (C=O) groups is 1. The molecular formula is C30H47F2N3O4. The van der Waals surface area contributed by atoms with Crippen LogP contribution in [0.1, 0.15) is 76.2 Å². The van der Waals surface area contributed by atoms with Crippen LogP contribution in [-0.2, 0) is 10.3 Å². The standard InChI is InChI=1S/C30H47F2N3O4/c1-33-22-25(21-23-11-16-30(31,32)17-12-23)34-28(36)35(2)18-6-4-14-29(37,15-5-7-19-38-3)26-10-8-9-24-13-20-39-27(24)26/h8-10,13,20,23,25,33,37H,4-7,11-12,14-19,21-22H2,1-3H3,(H,34,36)/t25-,29+/m0/s1. The van der Waals surface area contributed by atoms with E-state index in [4.69, 9.17) is 9.15 Å². The molecule has 1 aliphatic carbocycles. The third-order valence-corrected chi connectivity index (χ3v) is 8.08. The first-order chi connectivity index (χ1) is 18.7. The van der Waals surface area contributed by atoms with Crippen LogP contribution >= 0.6 is 0 Å². The molecule has 1 fully saturated rings. The Bertz CT molecular complexity index is 1010. The number of carbonyl (C=O) groups excluding carboxylic acids is 1. The minimum atomic E-state index is -2.54. The first-order valence-corrected chi connectivity index (χ1v) is 14.4. The van der Waals surface area contributed by atoms with Crippen molar-refractivity contribution >= 4 is 17.0 Å². The lowest BCUT2D eigenvalue weighted by molar-refractivity contribution is -0.0473. The first kappa shape index (κ1) is 31.3. The van der Waals surface area contributed by atoms with Crippen molar-refractivity contribution in [3.8, 4) is 0 Å². The van der Waals surface area contributed by atoms with Crippen molar-refractivity contribution < 1.29 is 27.8 Å². The van der Waals surface area contributed by atoms with E-state index in [0.717, 1.165) is 42.2 Å². The molecule has 39 heavy (non-hydrogen) atoms. The van der Waals surface area contributed by atoms with Gasteiger partial charge in [0, 0.05) is 63.7 Å². The zero-order valence-electron chi connectivity index (χ0n) is 23.8. The third-order valence-electron chi connectivity index (χ3n) is 8.08. The summed E-state index contributed by atoms with van der Waals surface area (Å²) in [5, 5.41) is 19.0. The molecule has 9 heteroatoms. The number of urea groups is 1. The van der Waals surface area contributed by atoms with E-state index >= 15 is 0 Å². The van der Waals surface area contributed by atoms with Gasteiger partial charge < -0.3 is 29.8 Å². The number of para-hydroxylation sites is 1. The van der Waals surface area contributed by atoms with Gasteiger partial charge in [-0.15, -0.1) is 0 Å². The molecule has 0 bridgehead atoms. The Morgan fingerprint density at radius 3 is 2.62 bits per heavy atom. The number of unbranched alkanes of at least 4 members (excludes halogenated alkanes) is 2. The fraction of sp³-hybridized carbons (Fsp3) is 0.700. The van der Waals surface area contributed by atoms with Gasteiger partial charge in [-0.2, -0.15) is 0 Å². The second-order valence-corrected chi connectivity index (χ2v) is 11.2. The largest absolute Gasteiger partial charge is 0.464 e. The van der Waals surface area contributed by atoms with Gasteiger partial charge in [-0.05, 0) is 76.8 Å². The maximum absolute atomic E-state index is 13.5. The van der Waals surface area contributed by atoms with Gasteiger partial charge in [0.2, 0.25) is 5.92 Å².